The minimum absolute atomic E-state index is 0.103. The molecule has 1 aliphatic heterocycles. The first-order chi connectivity index (χ1) is 11.6. The number of rotatable bonds is 4. The molecule has 0 fully saturated rings. The van der Waals surface area contributed by atoms with Gasteiger partial charge in [0.2, 0.25) is 0 Å². The average molecular weight is 331 g/mol. The Balaban J connectivity index is 2.15. The van der Waals surface area contributed by atoms with Gasteiger partial charge < -0.3 is 29.7 Å². The van der Waals surface area contributed by atoms with Gasteiger partial charge in [0, 0.05) is 18.2 Å². The van der Waals surface area contributed by atoms with Crippen LogP contribution in [0.15, 0.2) is 24.3 Å². The summed E-state index contributed by atoms with van der Waals surface area (Å²) in [6, 6.07) is 6.68. The highest BCUT2D eigenvalue weighted by Gasteiger charge is 2.27. The Morgan fingerprint density at radius 3 is 2.12 bits per heavy atom. The van der Waals surface area contributed by atoms with Crippen LogP contribution in [0.3, 0.4) is 0 Å². The van der Waals surface area contributed by atoms with Crippen LogP contribution in [0.25, 0.3) is 0 Å². The maximum Gasteiger partial charge on any atom is 0.164 e. The normalized spacial score (nSPS) is 16.4. The van der Waals surface area contributed by atoms with Crippen molar-refractivity contribution < 1.29 is 24.4 Å². The minimum atomic E-state index is -0.185. The standard InChI is InChI=1S/C18H21NO5/c1-22-15-9-17(24-3)16(23-2)8-12(15)18-11-7-14(21)13(20)6-10(11)4-5-19-18/h6-9,18-21H,4-5H2,1-3H3/t18-/m0/s1. The van der Waals surface area contributed by atoms with Gasteiger partial charge in [0.15, 0.2) is 23.0 Å². The van der Waals surface area contributed by atoms with Crippen LogP contribution in [0.4, 0.5) is 0 Å². The summed E-state index contributed by atoms with van der Waals surface area (Å²) in [7, 11) is 4.76. The molecule has 2 aromatic rings. The number of methoxy groups -OCH3 is 3. The lowest BCUT2D eigenvalue weighted by atomic mass is 9.88. The van der Waals surface area contributed by atoms with Crippen LogP contribution >= 0.6 is 0 Å². The third-order valence-electron chi connectivity index (χ3n) is 4.34. The van der Waals surface area contributed by atoms with Crippen LogP contribution < -0.4 is 19.5 Å². The van der Waals surface area contributed by atoms with Gasteiger partial charge in [0.05, 0.1) is 27.4 Å². The van der Waals surface area contributed by atoms with Gasteiger partial charge in [-0.3, -0.25) is 0 Å². The van der Waals surface area contributed by atoms with Crippen molar-refractivity contribution in [3.8, 4) is 28.7 Å². The van der Waals surface area contributed by atoms with Gasteiger partial charge >= 0.3 is 0 Å². The maximum atomic E-state index is 9.90. The number of phenols is 2. The van der Waals surface area contributed by atoms with Gasteiger partial charge in [-0.1, -0.05) is 0 Å². The molecule has 24 heavy (non-hydrogen) atoms. The number of ether oxygens (including phenoxy) is 3. The molecule has 0 spiro atoms. The highest BCUT2D eigenvalue weighted by atomic mass is 16.5. The van der Waals surface area contributed by atoms with E-state index in [1.54, 1.807) is 39.5 Å². The number of fused-ring (bicyclic) bond motifs is 1. The fraction of sp³-hybridized carbons (Fsp3) is 0.333. The van der Waals surface area contributed by atoms with Crippen molar-refractivity contribution in [2.24, 2.45) is 0 Å². The van der Waals surface area contributed by atoms with Crippen molar-refractivity contribution in [2.45, 2.75) is 12.5 Å². The molecule has 128 valence electrons. The summed E-state index contributed by atoms with van der Waals surface area (Å²) >= 11 is 0. The van der Waals surface area contributed by atoms with Crippen LogP contribution in [-0.4, -0.2) is 38.1 Å². The second kappa shape index (κ2) is 6.49. The molecule has 0 unspecified atom stereocenters. The molecule has 0 radical (unpaired) electrons. The molecular formula is C18H21NO5. The van der Waals surface area contributed by atoms with E-state index >= 15 is 0 Å². The van der Waals surface area contributed by atoms with Crippen molar-refractivity contribution in [3.05, 3.63) is 41.0 Å². The predicted octanol–water partition coefficient (Wildman–Crippen LogP) is 2.36. The number of benzene rings is 2. The van der Waals surface area contributed by atoms with Crippen LogP contribution in [0.1, 0.15) is 22.7 Å². The molecule has 0 aliphatic carbocycles. The van der Waals surface area contributed by atoms with E-state index in [4.69, 9.17) is 14.2 Å². The van der Waals surface area contributed by atoms with E-state index in [-0.39, 0.29) is 17.5 Å². The van der Waals surface area contributed by atoms with Gasteiger partial charge in [0.25, 0.3) is 0 Å². The predicted molar refractivity (Wildman–Crippen MR) is 89.4 cm³/mol. The fourth-order valence-electron chi connectivity index (χ4n) is 3.14. The summed E-state index contributed by atoms with van der Waals surface area (Å²) in [6.07, 6.45) is 0.773. The van der Waals surface area contributed by atoms with Crippen molar-refractivity contribution in [3.63, 3.8) is 0 Å². The third-order valence-corrected chi connectivity index (χ3v) is 4.34. The highest BCUT2D eigenvalue weighted by molar-refractivity contribution is 5.56. The van der Waals surface area contributed by atoms with Crippen LogP contribution in [0, 0.1) is 0 Å². The average Bonchev–Trinajstić information content (AvgIpc) is 2.61. The molecule has 3 N–H and O–H groups in total. The van der Waals surface area contributed by atoms with Crippen LogP contribution in [-0.2, 0) is 6.42 Å². The van der Waals surface area contributed by atoms with Crippen molar-refractivity contribution in [1.29, 1.82) is 0 Å². The lowest BCUT2D eigenvalue weighted by molar-refractivity contribution is 0.345. The smallest absolute Gasteiger partial charge is 0.164 e. The zero-order valence-corrected chi connectivity index (χ0v) is 13.9. The Morgan fingerprint density at radius 1 is 0.833 bits per heavy atom. The molecule has 0 saturated heterocycles. The van der Waals surface area contributed by atoms with E-state index in [2.05, 4.69) is 5.32 Å². The monoisotopic (exact) mass is 331 g/mol. The first-order valence-electron chi connectivity index (χ1n) is 7.67. The van der Waals surface area contributed by atoms with E-state index < -0.39 is 0 Å². The zero-order chi connectivity index (χ0) is 17.3. The van der Waals surface area contributed by atoms with Gasteiger partial charge in [-0.25, -0.2) is 0 Å². The molecule has 1 aliphatic rings. The molecule has 1 atom stereocenters. The lowest BCUT2D eigenvalue weighted by Gasteiger charge is -2.29. The molecule has 6 nitrogen and oxygen atoms in total. The minimum Gasteiger partial charge on any atom is -0.504 e. The quantitative estimate of drug-likeness (QED) is 0.747. The van der Waals surface area contributed by atoms with E-state index in [1.807, 2.05) is 6.07 Å². The summed E-state index contributed by atoms with van der Waals surface area (Å²) in [6.45, 7) is 0.749. The summed E-state index contributed by atoms with van der Waals surface area (Å²) in [4.78, 5) is 0. The Hall–Kier alpha value is -2.60. The van der Waals surface area contributed by atoms with Gasteiger partial charge in [-0.05, 0) is 35.7 Å². The highest BCUT2D eigenvalue weighted by Crippen LogP contribution is 2.42. The zero-order valence-electron chi connectivity index (χ0n) is 13.9. The molecule has 0 amide bonds. The van der Waals surface area contributed by atoms with Crippen molar-refractivity contribution in [1.82, 2.24) is 5.32 Å². The number of nitrogens with one attached hydrogen (secondary N) is 1. The second-order valence-corrected chi connectivity index (χ2v) is 5.63. The van der Waals surface area contributed by atoms with Crippen molar-refractivity contribution in [2.75, 3.05) is 27.9 Å². The summed E-state index contributed by atoms with van der Waals surface area (Å²) < 4.78 is 16.2. The Labute approximate surface area is 140 Å². The Kier molecular flexibility index (Phi) is 4.40. The maximum absolute atomic E-state index is 9.90. The molecule has 2 aromatic carbocycles. The van der Waals surface area contributed by atoms with E-state index in [1.165, 1.54) is 0 Å². The topological polar surface area (TPSA) is 80.2 Å². The van der Waals surface area contributed by atoms with Crippen LogP contribution in [0.2, 0.25) is 0 Å². The van der Waals surface area contributed by atoms with Crippen LogP contribution in [0.5, 0.6) is 28.7 Å². The molecule has 6 heteroatoms. The molecule has 1 heterocycles. The first-order valence-corrected chi connectivity index (χ1v) is 7.67. The van der Waals surface area contributed by atoms with E-state index in [0.717, 1.165) is 29.7 Å². The number of hydrogen-bond acceptors (Lipinski definition) is 6. The van der Waals surface area contributed by atoms with Gasteiger partial charge in [-0.15, -0.1) is 0 Å². The lowest BCUT2D eigenvalue weighted by Crippen LogP contribution is -2.30. The largest absolute Gasteiger partial charge is 0.504 e. The summed E-state index contributed by atoms with van der Waals surface area (Å²) in [5, 5.41) is 23.1. The Bertz CT molecular complexity index is 760. The third kappa shape index (κ3) is 2.69. The van der Waals surface area contributed by atoms with E-state index in [9.17, 15) is 10.2 Å². The summed E-state index contributed by atoms with van der Waals surface area (Å²) in [5.74, 6) is 1.61. The molecule has 0 bridgehead atoms. The number of hydrogen-bond donors (Lipinski definition) is 3. The first kappa shape index (κ1) is 16.3. The molecule has 0 aromatic heterocycles. The second-order valence-electron chi connectivity index (χ2n) is 5.63. The molecule has 0 saturated carbocycles. The van der Waals surface area contributed by atoms with Gasteiger partial charge in [-0.2, -0.15) is 0 Å². The Morgan fingerprint density at radius 2 is 1.46 bits per heavy atom. The number of phenolic OH excluding ortho intramolecular Hbond substituents is 2. The van der Waals surface area contributed by atoms with E-state index in [0.29, 0.717) is 17.2 Å². The fourth-order valence-corrected chi connectivity index (χ4v) is 3.14. The summed E-state index contributed by atoms with van der Waals surface area (Å²) in [5.41, 5.74) is 2.77. The van der Waals surface area contributed by atoms with Crippen molar-refractivity contribution >= 4 is 0 Å². The van der Waals surface area contributed by atoms with Gasteiger partial charge in [0.1, 0.15) is 5.75 Å². The number of aromatic hydroxyl groups is 2. The SMILES string of the molecule is COc1cc(OC)c([C@H]2NCCc3cc(O)c(O)cc32)cc1OC. The molecule has 3 rings (SSSR count). The molecular weight excluding hydrogens is 310 g/mol.